The highest BCUT2D eigenvalue weighted by Gasteiger charge is 2.17. The number of rotatable bonds is 1. The number of carboxylic acid groups (broad SMARTS) is 1. The molecule has 1 aromatic heterocycles. The van der Waals surface area contributed by atoms with Crippen LogP contribution in [0.3, 0.4) is 0 Å². The lowest BCUT2D eigenvalue weighted by Gasteiger charge is -1.86. The van der Waals surface area contributed by atoms with Crippen molar-refractivity contribution in [1.82, 2.24) is 0 Å². The fourth-order valence-electron chi connectivity index (χ4n) is 0.503. The van der Waals surface area contributed by atoms with E-state index < -0.39 is 5.97 Å². The number of carbonyl (C=O) groups is 1. The van der Waals surface area contributed by atoms with Gasteiger partial charge in [-0.3, -0.25) is 0 Å². The second-order valence-corrected chi connectivity index (χ2v) is 4.72. The van der Waals surface area contributed by atoms with Gasteiger partial charge in [0.1, 0.15) is 9.21 Å². The Morgan fingerprint density at radius 3 is 2.27 bits per heavy atom. The number of hydrogen-bond acceptors (Lipinski definition) is 2. The fourth-order valence-corrected chi connectivity index (χ4v) is 2.92. The molecule has 0 unspecified atom stereocenters. The van der Waals surface area contributed by atoms with Crippen LogP contribution in [0.25, 0.3) is 0 Å². The summed E-state index contributed by atoms with van der Waals surface area (Å²) in [4.78, 5) is 10.7. The zero-order chi connectivity index (χ0) is 8.59. The van der Waals surface area contributed by atoms with Gasteiger partial charge in [0.15, 0.2) is 0 Å². The average molecular weight is 323 g/mol. The van der Waals surface area contributed by atoms with Crippen molar-refractivity contribution < 1.29 is 9.90 Å². The predicted octanol–water partition coefficient (Wildman–Crippen LogP) is 3.36. The third-order valence-electron chi connectivity index (χ3n) is 0.951. The Kier molecular flexibility index (Phi) is 3.02. The molecule has 6 heteroatoms. The minimum absolute atomic E-state index is 0.195. The van der Waals surface area contributed by atoms with E-state index in [0.29, 0.717) is 12.9 Å². The maximum absolute atomic E-state index is 10.5. The Morgan fingerprint density at radius 2 is 2.09 bits per heavy atom. The highest BCUT2D eigenvalue weighted by Crippen LogP contribution is 2.37. The van der Waals surface area contributed by atoms with Crippen LogP contribution in [0.4, 0.5) is 0 Å². The predicted molar refractivity (Wildman–Crippen MR) is 54.0 cm³/mol. The molecule has 0 saturated heterocycles. The topological polar surface area (TPSA) is 37.3 Å². The van der Waals surface area contributed by atoms with Crippen LogP contribution in [0.5, 0.6) is 0 Å². The van der Waals surface area contributed by atoms with E-state index in [1.54, 1.807) is 0 Å². The minimum atomic E-state index is -0.992. The molecule has 1 heterocycles. The standard InChI is InChI=1S/C5HCl2IO2S/c6-1-2(8)3(5(9)10)11-4(1)7/h(H,9,10). The van der Waals surface area contributed by atoms with Gasteiger partial charge in [0.25, 0.3) is 0 Å². The van der Waals surface area contributed by atoms with E-state index in [4.69, 9.17) is 28.3 Å². The minimum Gasteiger partial charge on any atom is -0.477 e. The van der Waals surface area contributed by atoms with Gasteiger partial charge >= 0.3 is 5.97 Å². The molecule has 0 spiro atoms. The van der Waals surface area contributed by atoms with Gasteiger partial charge in [0.2, 0.25) is 0 Å². The summed E-state index contributed by atoms with van der Waals surface area (Å²) in [5, 5.41) is 8.92. The Balaban J connectivity index is 3.29. The molecule has 0 bridgehead atoms. The van der Waals surface area contributed by atoms with Crippen molar-refractivity contribution in [2.75, 3.05) is 0 Å². The molecule has 1 N–H and O–H groups in total. The number of hydrogen-bond donors (Lipinski definition) is 1. The van der Waals surface area contributed by atoms with Gasteiger partial charge in [-0.15, -0.1) is 11.3 Å². The molecule has 60 valence electrons. The van der Waals surface area contributed by atoms with E-state index in [1.165, 1.54) is 0 Å². The van der Waals surface area contributed by atoms with Gasteiger partial charge in [-0.05, 0) is 22.6 Å². The number of halogens is 3. The summed E-state index contributed by atoms with van der Waals surface area (Å²) in [6.07, 6.45) is 0. The molecule has 0 amide bonds. The van der Waals surface area contributed by atoms with E-state index in [-0.39, 0.29) is 4.88 Å². The van der Waals surface area contributed by atoms with Crippen LogP contribution in [0.15, 0.2) is 0 Å². The van der Waals surface area contributed by atoms with Crippen LogP contribution in [0.2, 0.25) is 9.36 Å². The highest BCUT2D eigenvalue weighted by molar-refractivity contribution is 14.1. The van der Waals surface area contributed by atoms with Gasteiger partial charge in [0.05, 0.1) is 8.59 Å². The SMILES string of the molecule is O=C(O)c1sc(Cl)c(Cl)c1I. The van der Waals surface area contributed by atoms with Crippen molar-refractivity contribution in [3.05, 3.63) is 17.8 Å². The Morgan fingerprint density at radius 1 is 1.55 bits per heavy atom. The van der Waals surface area contributed by atoms with Crippen molar-refractivity contribution in [3.8, 4) is 0 Å². The lowest BCUT2D eigenvalue weighted by Crippen LogP contribution is -1.93. The van der Waals surface area contributed by atoms with E-state index in [9.17, 15) is 4.79 Å². The first-order valence-corrected chi connectivity index (χ1v) is 5.05. The maximum atomic E-state index is 10.5. The largest absolute Gasteiger partial charge is 0.477 e. The summed E-state index contributed by atoms with van der Waals surface area (Å²) >= 11 is 14.1. The van der Waals surface area contributed by atoms with E-state index in [1.807, 2.05) is 22.6 Å². The van der Waals surface area contributed by atoms with Gasteiger partial charge in [-0.2, -0.15) is 0 Å². The Labute approximate surface area is 90.3 Å². The number of thiophene rings is 1. The van der Waals surface area contributed by atoms with Gasteiger partial charge in [0, 0.05) is 0 Å². The molecule has 2 nitrogen and oxygen atoms in total. The van der Waals surface area contributed by atoms with Crippen molar-refractivity contribution in [1.29, 1.82) is 0 Å². The number of aromatic carboxylic acids is 1. The second-order valence-electron chi connectivity index (χ2n) is 1.64. The van der Waals surface area contributed by atoms with Crippen LogP contribution in [-0.4, -0.2) is 11.1 Å². The zero-order valence-corrected chi connectivity index (χ0v) is 9.38. The molecule has 0 aliphatic heterocycles. The van der Waals surface area contributed by atoms with Crippen LogP contribution in [-0.2, 0) is 0 Å². The van der Waals surface area contributed by atoms with Crippen molar-refractivity contribution in [3.63, 3.8) is 0 Å². The van der Waals surface area contributed by atoms with Gasteiger partial charge < -0.3 is 5.11 Å². The van der Waals surface area contributed by atoms with Crippen molar-refractivity contribution in [2.24, 2.45) is 0 Å². The first kappa shape index (κ1) is 9.57. The molecule has 0 aromatic carbocycles. The van der Waals surface area contributed by atoms with Crippen LogP contribution in [0, 0.1) is 3.57 Å². The fraction of sp³-hybridized carbons (Fsp3) is 0. The lowest BCUT2D eigenvalue weighted by molar-refractivity contribution is 0.0701. The quantitative estimate of drug-likeness (QED) is 0.805. The van der Waals surface area contributed by atoms with E-state index >= 15 is 0 Å². The smallest absolute Gasteiger partial charge is 0.347 e. The monoisotopic (exact) mass is 322 g/mol. The van der Waals surface area contributed by atoms with Crippen LogP contribution in [0.1, 0.15) is 9.67 Å². The maximum Gasteiger partial charge on any atom is 0.347 e. The third-order valence-corrected chi connectivity index (χ3v) is 4.69. The molecule has 11 heavy (non-hydrogen) atoms. The summed E-state index contributed by atoms with van der Waals surface area (Å²) in [6, 6.07) is 0. The summed E-state index contributed by atoms with van der Waals surface area (Å²) < 4.78 is 0.834. The molecule has 0 aliphatic rings. The molecular formula is C5HCl2IO2S. The van der Waals surface area contributed by atoms with Crippen molar-refractivity contribution >= 4 is 63.1 Å². The molecule has 0 saturated carbocycles. The number of carboxylic acids is 1. The molecule has 1 aromatic rings. The van der Waals surface area contributed by atoms with Crippen molar-refractivity contribution in [2.45, 2.75) is 0 Å². The summed E-state index contributed by atoms with van der Waals surface area (Å²) in [5.74, 6) is -0.992. The first-order chi connectivity index (χ1) is 5.04. The Hall–Kier alpha value is 0.480. The molecule has 0 aliphatic carbocycles. The molecule has 0 radical (unpaired) electrons. The van der Waals surface area contributed by atoms with E-state index in [2.05, 4.69) is 0 Å². The first-order valence-electron chi connectivity index (χ1n) is 2.40. The molecular weight excluding hydrogens is 322 g/mol. The Bertz CT molecular complexity index is 310. The van der Waals surface area contributed by atoms with E-state index in [0.717, 1.165) is 11.3 Å². The molecule has 0 atom stereocenters. The second kappa shape index (κ2) is 3.47. The normalized spacial score (nSPS) is 10.1. The molecule has 1 rings (SSSR count). The van der Waals surface area contributed by atoms with Crippen LogP contribution >= 0.6 is 57.1 Å². The average Bonchev–Trinajstić information content (AvgIpc) is 2.17. The van der Waals surface area contributed by atoms with Gasteiger partial charge in [-0.1, -0.05) is 23.2 Å². The summed E-state index contributed by atoms with van der Waals surface area (Å²) in [6.45, 7) is 0. The summed E-state index contributed by atoms with van der Waals surface area (Å²) in [5.41, 5.74) is 0. The molecule has 0 fully saturated rings. The highest BCUT2D eigenvalue weighted by atomic mass is 127. The third kappa shape index (κ3) is 1.80. The summed E-state index contributed by atoms with van der Waals surface area (Å²) in [7, 11) is 0. The van der Waals surface area contributed by atoms with Gasteiger partial charge in [-0.25, -0.2) is 4.79 Å². The lowest BCUT2D eigenvalue weighted by atomic mass is 10.5. The zero-order valence-electron chi connectivity index (χ0n) is 4.90. The van der Waals surface area contributed by atoms with Crippen LogP contribution < -0.4 is 0 Å².